The van der Waals surface area contributed by atoms with Gasteiger partial charge in [0.2, 0.25) is 11.7 Å². The van der Waals surface area contributed by atoms with Crippen LogP contribution in [-0.4, -0.2) is 20.1 Å². The molecule has 102 valence electrons. The van der Waals surface area contributed by atoms with Crippen molar-refractivity contribution in [3.63, 3.8) is 0 Å². The highest BCUT2D eigenvalue weighted by molar-refractivity contribution is 6.29. The van der Waals surface area contributed by atoms with E-state index in [-0.39, 0.29) is 23.4 Å². The van der Waals surface area contributed by atoms with Gasteiger partial charge in [0, 0.05) is 6.07 Å². The number of halogens is 4. The van der Waals surface area contributed by atoms with Crippen molar-refractivity contribution >= 4 is 17.4 Å². The fourth-order valence-corrected chi connectivity index (χ4v) is 1.40. The van der Waals surface area contributed by atoms with Gasteiger partial charge in [0.1, 0.15) is 11.0 Å². The molecule has 0 bridgehead atoms. The molecule has 0 aliphatic carbocycles. The highest BCUT2D eigenvalue weighted by atomic mass is 35.5. The zero-order valence-corrected chi connectivity index (χ0v) is 10.2. The van der Waals surface area contributed by atoms with Gasteiger partial charge < -0.3 is 9.84 Å². The van der Waals surface area contributed by atoms with E-state index in [1.54, 1.807) is 6.92 Å². The molecule has 0 radical (unpaired) electrons. The summed E-state index contributed by atoms with van der Waals surface area (Å²) in [5.41, 5.74) is 0. The Bertz CT molecular complexity index is 585. The summed E-state index contributed by atoms with van der Waals surface area (Å²) in [6.07, 6.45) is -4.66. The Kier molecular flexibility index (Phi) is 3.56. The van der Waals surface area contributed by atoms with Gasteiger partial charge in [-0.05, 0) is 6.92 Å². The summed E-state index contributed by atoms with van der Waals surface area (Å²) in [7, 11) is 0. The van der Waals surface area contributed by atoms with Gasteiger partial charge >= 0.3 is 6.18 Å². The number of nitrogens with one attached hydrogen (secondary N) is 1. The first kappa shape index (κ1) is 13.5. The lowest BCUT2D eigenvalue weighted by molar-refractivity contribution is -0.144. The van der Waals surface area contributed by atoms with Crippen LogP contribution in [0, 0.1) is 6.92 Å². The van der Waals surface area contributed by atoms with E-state index in [1.165, 1.54) is 6.07 Å². The molecule has 19 heavy (non-hydrogen) atoms. The molecule has 0 atom stereocenters. The average molecular weight is 294 g/mol. The van der Waals surface area contributed by atoms with Crippen molar-refractivity contribution in [3.8, 4) is 0 Å². The summed E-state index contributed by atoms with van der Waals surface area (Å²) in [5.74, 6) is -0.748. The molecule has 1 N–H and O–H groups in total. The van der Waals surface area contributed by atoms with Crippen LogP contribution in [0.25, 0.3) is 0 Å². The van der Waals surface area contributed by atoms with Gasteiger partial charge in [-0.1, -0.05) is 16.8 Å². The average Bonchev–Trinajstić information content (AvgIpc) is 2.71. The topological polar surface area (TPSA) is 76.7 Å². The van der Waals surface area contributed by atoms with Crippen LogP contribution in [0.15, 0.2) is 10.6 Å². The third-order valence-electron chi connectivity index (χ3n) is 1.94. The van der Waals surface area contributed by atoms with Crippen molar-refractivity contribution in [2.75, 3.05) is 5.32 Å². The van der Waals surface area contributed by atoms with E-state index in [4.69, 9.17) is 16.1 Å². The van der Waals surface area contributed by atoms with Gasteiger partial charge in [-0.25, -0.2) is 9.97 Å². The predicted molar refractivity (Wildman–Crippen MR) is 58.4 cm³/mol. The maximum atomic E-state index is 12.5. The molecule has 0 unspecified atom stereocenters. The summed E-state index contributed by atoms with van der Waals surface area (Å²) < 4.78 is 42.2. The summed E-state index contributed by atoms with van der Waals surface area (Å²) in [6, 6.07) is 1.17. The fraction of sp³-hybridized carbons (Fsp3) is 0.333. The van der Waals surface area contributed by atoms with Crippen LogP contribution in [0.2, 0.25) is 5.15 Å². The SMILES string of the molecule is Cc1noc(CNc2cc(Cl)nc(C(F)(F)F)n2)n1. The summed E-state index contributed by atoms with van der Waals surface area (Å²) >= 11 is 5.50. The first-order valence-electron chi connectivity index (χ1n) is 4.99. The first-order chi connectivity index (χ1) is 8.84. The number of nitrogens with zero attached hydrogens (tertiary/aromatic N) is 4. The second kappa shape index (κ2) is 5.00. The lowest BCUT2D eigenvalue weighted by Crippen LogP contribution is -2.13. The van der Waals surface area contributed by atoms with Crippen LogP contribution in [0.5, 0.6) is 0 Å². The Balaban J connectivity index is 2.14. The van der Waals surface area contributed by atoms with E-state index >= 15 is 0 Å². The Labute approximate surface area is 110 Å². The molecule has 0 aromatic carbocycles. The van der Waals surface area contributed by atoms with Gasteiger partial charge in [0.25, 0.3) is 0 Å². The van der Waals surface area contributed by atoms with Crippen LogP contribution in [0.3, 0.4) is 0 Å². The van der Waals surface area contributed by atoms with Crippen molar-refractivity contribution in [1.29, 1.82) is 0 Å². The predicted octanol–water partition coefficient (Wildman–Crippen LogP) is 2.45. The van der Waals surface area contributed by atoms with Gasteiger partial charge in [0.05, 0.1) is 6.54 Å². The van der Waals surface area contributed by atoms with E-state index in [0.29, 0.717) is 5.82 Å². The number of aryl methyl sites for hydroxylation is 1. The zero-order valence-electron chi connectivity index (χ0n) is 9.49. The molecule has 0 fully saturated rings. The molecule has 2 aromatic heterocycles. The van der Waals surface area contributed by atoms with E-state index < -0.39 is 12.0 Å². The van der Waals surface area contributed by atoms with Crippen LogP contribution in [0.1, 0.15) is 17.5 Å². The normalized spacial score (nSPS) is 11.6. The zero-order chi connectivity index (χ0) is 14.0. The standard InChI is InChI=1S/C9H7ClF3N5O/c1-4-15-7(19-18-4)3-14-6-2-5(10)16-8(17-6)9(11,12)13/h2H,3H2,1H3,(H,14,16,17). The lowest BCUT2D eigenvalue weighted by atomic mass is 10.5. The molecule has 6 nitrogen and oxygen atoms in total. The highest BCUT2D eigenvalue weighted by Gasteiger charge is 2.35. The molecule has 2 rings (SSSR count). The third kappa shape index (κ3) is 3.53. The van der Waals surface area contributed by atoms with Crippen molar-refractivity contribution in [2.45, 2.75) is 19.6 Å². The van der Waals surface area contributed by atoms with Crippen molar-refractivity contribution in [3.05, 3.63) is 28.8 Å². The van der Waals surface area contributed by atoms with Crippen LogP contribution >= 0.6 is 11.6 Å². The van der Waals surface area contributed by atoms with Gasteiger partial charge in [-0.3, -0.25) is 0 Å². The Morgan fingerprint density at radius 2 is 2.05 bits per heavy atom. The van der Waals surface area contributed by atoms with E-state index in [1.807, 2.05) is 0 Å². The molecule has 0 spiro atoms. The molecule has 0 saturated heterocycles. The van der Waals surface area contributed by atoms with Crippen LogP contribution in [-0.2, 0) is 12.7 Å². The van der Waals surface area contributed by atoms with E-state index in [9.17, 15) is 13.2 Å². The van der Waals surface area contributed by atoms with Gasteiger partial charge in [0.15, 0.2) is 5.82 Å². The molecule has 0 aliphatic rings. The Hall–Kier alpha value is -1.90. The number of rotatable bonds is 3. The minimum atomic E-state index is -4.66. The van der Waals surface area contributed by atoms with E-state index in [0.717, 1.165) is 0 Å². The van der Waals surface area contributed by atoms with Crippen LogP contribution < -0.4 is 5.32 Å². The number of anilines is 1. The number of hydrogen-bond donors (Lipinski definition) is 1. The number of alkyl halides is 3. The first-order valence-corrected chi connectivity index (χ1v) is 5.37. The van der Waals surface area contributed by atoms with E-state index in [2.05, 4.69) is 25.4 Å². The lowest BCUT2D eigenvalue weighted by Gasteiger charge is -2.08. The minimum absolute atomic E-state index is 0.0332. The van der Waals surface area contributed by atoms with Crippen molar-refractivity contribution in [1.82, 2.24) is 20.1 Å². The Morgan fingerprint density at radius 1 is 1.32 bits per heavy atom. The van der Waals surface area contributed by atoms with Crippen molar-refractivity contribution < 1.29 is 17.7 Å². The summed E-state index contributed by atoms with van der Waals surface area (Å²) in [5, 5.41) is 5.82. The second-order valence-corrected chi connectivity index (χ2v) is 3.87. The molecule has 2 aromatic rings. The smallest absolute Gasteiger partial charge is 0.361 e. The number of hydrogen-bond acceptors (Lipinski definition) is 6. The summed E-state index contributed by atoms with van der Waals surface area (Å²) in [6.45, 7) is 1.65. The quantitative estimate of drug-likeness (QED) is 0.876. The minimum Gasteiger partial charge on any atom is -0.361 e. The molecule has 10 heteroatoms. The largest absolute Gasteiger partial charge is 0.451 e. The molecule has 0 aliphatic heterocycles. The monoisotopic (exact) mass is 293 g/mol. The Morgan fingerprint density at radius 3 is 2.63 bits per heavy atom. The fourth-order valence-electron chi connectivity index (χ4n) is 1.21. The van der Waals surface area contributed by atoms with Crippen LogP contribution in [0.4, 0.5) is 19.0 Å². The maximum absolute atomic E-state index is 12.5. The van der Waals surface area contributed by atoms with Gasteiger partial charge in [-0.15, -0.1) is 0 Å². The van der Waals surface area contributed by atoms with Crippen molar-refractivity contribution in [2.24, 2.45) is 0 Å². The third-order valence-corrected chi connectivity index (χ3v) is 2.13. The second-order valence-electron chi connectivity index (χ2n) is 3.49. The van der Waals surface area contributed by atoms with Gasteiger partial charge in [-0.2, -0.15) is 18.2 Å². The molecule has 2 heterocycles. The molecule has 0 saturated carbocycles. The molecule has 0 amide bonds. The summed E-state index contributed by atoms with van der Waals surface area (Å²) in [4.78, 5) is 10.3. The molecular weight excluding hydrogens is 287 g/mol. The number of aromatic nitrogens is 4. The molecular formula is C9H7ClF3N5O. The highest BCUT2D eigenvalue weighted by Crippen LogP contribution is 2.28. The maximum Gasteiger partial charge on any atom is 0.451 e.